The van der Waals surface area contributed by atoms with Crippen molar-refractivity contribution in [3.8, 4) is 0 Å². The van der Waals surface area contributed by atoms with E-state index in [9.17, 15) is 14.4 Å². The van der Waals surface area contributed by atoms with Gasteiger partial charge < -0.3 is 9.47 Å². The first-order valence-electron chi connectivity index (χ1n) is 6.37. The van der Waals surface area contributed by atoms with Gasteiger partial charge in [-0.3, -0.25) is 14.4 Å². The molecule has 112 valence electrons. The lowest BCUT2D eigenvalue weighted by Crippen LogP contribution is -2.34. The van der Waals surface area contributed by atoms with Crippen LogP contribution in [0.5, 0.6) is 0 Å². The summed E-state index contributed by atoms with van der Waals surface area (Å²) in [5.74, 6) is -3.56. The number of halogens is 1. The maximum absolute atomic E-state index is 12.2. The Balaban J connectivity index is 3.26. The maximum atomic E-state index is 12.2. The summed E-state index contributed by atoms with van der Waals surface area (Å²) in [7, 11) is 1.22. The van der Waals surface area contributed by atoms with E-state index in [4.69, 9.17) is 21.1 Å². The van der Waals surface area contributed by atoms with Gasteiger partial charge in [-0.15, -0.1) is 11.6 Å². The van der Waals surface area contributed by atoms with Crippen LogP contribution in [0.3, 0.4) is 0 Å². The lowest BCUT2D eigenvalue weighted by Gasteiger charge is -2.13. The molecule has 6 heteroatoms. The monoisotopic (exact) mass is 302 g/mol. The van der Waals surface area contributed by atoms with Gasteiger partial charge in [-0.1, -0.05) is 11.6 Å². The van der Waals surface area contributed by atoms with Gasteiger partial charge in [0.15, 0.2) is 5.78 Å². The molecule has 1 saturated carbocycles. The van der Waals surface area contributed by atoms with E-state index < -0.39 is 35.0 Å². The number of alkyl halides is 1. The summed E-state index contributed by atoms with van der Waals surface area (Å²) >= 11 is 5.61. The van der Waals surface area contributed by atoms with Crippen molar-refractivity contribution in [1.82, 2.24) is 0 Å². The molecule has 20 heavy (non-hydrogen) atoms. The molecule has 0 heterocycles. The molecule has 0 aliphatic heterocycles. The van der Waals surface area contributed by atoms with E-state index in [0.29, 0.717) is 0 Å². The minimum atomic E-state index is -1.53. The van der Waals surface area contributed by atoms with Gasteiger partial charge in [-0.05, 0) is 20.8 Å². The van der Waals surface area contributed by atoms with E-state index in [1.165, 1.54) is 7.11 Å². The molecule has 5 nitrogen and oxygen atoms in total. The highest BCUT2D eigenvalue weighted by Crippen LogP contribution is 2.62. The summed E-state index contributed by atoms with van der Waals surface area (Å²) < 4.78 is 9.67. The highest BCUT2D eigenvalue weighted by Gasteiger charge is 2.77. The molecule has 0 aromatic carbocycles. The van der Waals surface area contributed by atoms with E-state index in [2.05, 4.69) is 0 Å². The van der Waals surface area contributed by atoms with Crippen molar-refractivity contribution in [2.45, 2.75) is 20.8 Å². The minimum Gasteiger partial charge on any atom is -0.469 e. The van der Waals surface area contributed by atoms with Gasteiger partial charge in [-0.25, -0.2) is 0 Å². The normalized spacial score (nSPS) is 27.4. The second-order valence-corrected chi connectivity index (χ2v) is 5.18. The Morgan fingerprint density at radius 1 is 1.30 bits per heavy atom. The Morgan fingerprint density at radius 3 is 2.30 bits per heavy atom. The number of hydrogen-bond acceptors (Lipinski definition) is 5. The Labute approximate surface area is 123 Å². The number of methoxy groups -OCH3 is 1. The van der Waals surface area contributed by atoms with Crippen LogP contribution in [0.4, 0.5) is 0 Å². The molecule has 0 bridgehead atoms. The molecular formula is C14H19ClO5. The molecule has 0 spiro atoms. The Hall–Kier alpha value is -1.36. The summed E-state index contributed by atoms with van der Waals surface area (Å²) in [5.41, 5.74) is -0.625. The fourth-order valence-corrected chi connectivity index (χ4v) is 2.78. The van der Waals surface area contributed by atoms with Gasteiger partial charge in [0.2, 0.25) is 0 Å². The first-order valence-corrected chi connectivity index (χ1v) is 6.90. The van der Waals surface area contributed by atoms with E-state index in [1.807, 2.05) is 13.8 Å². The van der Waals surface area contributed by atoms with Crippen LogP contribution in [0, 0.1) is 17.3 Å². The summed E-state index contributed by atoms with van der Waals surface area (Å²) in [5, 5.41) is 0. The van der Waals surface area contributed by atoms with Gasteiger partial charge in [0, 0.05) is 5.92 Å². The van der Waals surface area contributed by atoms with Crippen molar-refractivity contribution < 1.29 is 23.9 Å². The van der Waals surface area contributed by atoms with Crippen molar-refractivity contribution in [3.63, 3.8) is 0 Å². The van der Waals surface area contributed by atoms with E-state index in [0.717, 1.165) is 5.57 Å². The highest BCUT2D eigenvalue weighted by molar-refractivity contribution is 6.32. The van der Waals surface area contributed by atoms with Crippen molar-refractivity contribution >= 4 is 29.3 Å². The summed E-state index contributed by atoms with van der Waals surface area (Å²) in [6.45, 7) is 5.43. The molecule has 0 aromatic rings. The number of rotatable bonds is 6. The van der Waals surface area contributed by atoms with Crippen LogP contribution in [-0.4, -0.2) is 37.3 Å². The fraction of sp³-hybridized carbons (Fsp3) is 0.643. The van der Waals surface area contributed by atoms with E-state index >= 15 is 0 Å². The predicted molar refractivity (Wildman–Crippen MR) is 73.2 cm³/mol. The van der Waals surface area contributed by atoms with Crippen LogP contribution in [0.1, 0.15) is 20.8 Å². The molecule has 0 saturated heterocycles. The molecule has 0 amide bonds. The molecule has 1 unspecified atom stereocenters. The average molecular weight is 303 g/mol. The van der Waals surface area contributed by atoms with Crippen LogP contribution in [0.25, 0.3) is 0 Å². The Bertz CT molecular complexity index is 452. The van der Waals surface area contributed by atoms with Crippen LogP contribution < -0.4 is 0 Å². The molecule has 3 atom stereocenters. The van der Waals surface area contributed by atoms with E-state index in [-0.39, 0.29) is 12.5 Å². The number of carbonyl (C=O) groups is 3. The van der Waals surface area contributed by atoms with Gasteiger partial charge in [0.25, 0.3) is 0 Å². The average Bonchev–Trinajstić information content (AvgIpc) is 3.05. The van der Waals surface area contributed by atoms with Crippen molar-refractivity contribution in [3.05, 3.63) is 11.6 Å². The smallest absolute Gasteiger partial charge is 0.321 e. The quantitative estimate of drug-likeness (QED) is 0.323. The van der Waals surface area contributed by atoms with Crippen molar-refractivity contribution in [2.24, 2.45) is 17.3 Å². The van der Waals surface area contributed by atoms with Gasteiger partial charge in [0.1, 0.15) is 5.41 Å². The number of ketones is 1. The summed E-state index contributed by atoms with van der Waals surface area (Å²) in [6.07, 6.45) is 1.73. The first kappa shape index (κ1) is 16.7. The summed E-state index contributed by atoms with van der Waals surface area (Å²) in [4.78, 5) is 36.2. The zero-order valence-electron chi connectivity index (χ0n) is 12.1. The molecule has 1 aliphatic rings. The van der Waals surface area contributed by atoms with Crippen LogP contribution in [0.15, 0.2) is 11.6 Å². The van der Waals surface area contributed by atoms with Crippen molar-refractivity contribution in [1.29, 1.82) is 0 Å². The zero-order chi connectivity index (χ0) is 15.5. The third kappa shape index (κ3) is 2.59. The Morgan fingerprint density at radius 2 is 1.90 bits per heavy atom. The molecule has 0 N–H and O–H groups in total. The second kappa shape index (κ2) is 6.39. The maximum Gasteiger partial charge on any atom is 0.321 e. The van der Waals surface area contributed by atoms with Crippen LogP contribution >= 0.6 is 11.6 Å². The van der Waals surface area contributed by atoms with Crippen LogP contribution in [0.2, 0.25) is 0 Å². The number of esters is 2. The number of ether oxygens (including phenoxy) is 2. The third-order valence-electron chi connectivity index (χ3n) is 3.43. The standard InChI is InChI=1S/C14H19ClO5/c1-5-20-13(18)14(10(16)7-15)9(6-8(2)3)11(14)12(17)19-4/h6,9,11H,5,7H2,1-4H3/t9-,11+,14?/m1/s1. The lowest BCUT2D eigenvalue weighted by atomic mass is 9.96. The van der Waals surface area contributed by atoms with Gasteiger partial charge in [0.05, 0.1) is 25.5 Å². The Kier molecular flexibility index (Phi) is 5.34. The fourth-order valence-electron chi connectivity index (χ4n) is 2.56. The molecule has 0 radical (unpaired) electrons. The molecule has 0 aromatic heterocycles. The molecule has 1 rings (SSSR count). The highest BCUT2D eigenvalue weighted by atomic mass is 35.5. The van der Waals surface area contributed by atoms with E-state index in [1.54, 1.807) is 13.0 Å². The second-order valence-electron chi connectivity index (χ2n) is 4.92. The van der Waals surface area contributed by atoms with Gasteiger partial charge >= 0.3 is 11.9 Å². The molecular weight excluding hydrogens is 284 g/mol. The third-order valence-corrected chi connectivity index (χ3v) is 3.67. The van der Waals surface area contributed by atoms with Gasteiger partial charge in [-0.2, -0.15) is 0 Å². The lowest BCUT2D eigenvalue weighted by molar-refractivity contribution is -0.158. The van der Waals surface area contributed by atoms with Crippen molar-refractivity contribution in [2.75, 3.05) is 19.6 Å². The SMILES string of the molecule is CCOC(=O)C1(C(=O)CCl)[C@H](C=C(C)C)[C@H]1C(=O)OC. The predicted octanol–water partition coefficient (Wildman–Crippen LogP) is 1.73. The largest absolute Gasteiger partial charge is 0.469 e. The number of carbonyl (C=O) groups excluding carboxylic acids is 3. The number of hydrogen-bond donors (Lipinski definition) is 0. The number of allylic oxidation sites excluding steroid dienone is 2. The molecule has 1 aliphatic carbocycles. The zero-order valence-corrected chi connectivity index (χ0v) is 12.8. The minimum absolute atomic E-state index is 0.131. The summed E-state index contributed by atoms with van der Waals surface area (Å²) in [6, 6.07) is 0. The first-order chi connectivity index (χ1) is 9.37. The number of Topliss-reactive ketones (excluding diaryl/α,β-unsaturated/α-hetero) is 1. The molecule has 1 fully saturated rings. The topological polar surface area (TPSA) is 69.7 Å². The van der Waals surface area contributed by atoms with Crippen LogP contribution in [-0.2, 0) is 23.9 Å².